The second-order valence-electron chi connectivity index (χ2n) is 5.97. The summed E-state index contributed by atoms with van der Waals surface area (Å²) in [5.41, 5.74) is 1.44. The predicted molar refractivity (Wildman–Crippen MR) is 87.1 cm³/mol. The molecular formula is C17H20F2N4O. The second-order valence-corrected chi connectivity index (χ2v) is 5.97. The third kappa shape index (κ3) is 3.62. The van der Waals surface area contributed by atoms with Crippen LogP contribution in [0.15, 0.2) is 30.3 Å². The van der Waals surface area contributed by atoms with Crippen LogP contribution in [0.2, 0.25) is 0 Å². The lowest BCUT2D eigenvalue weighted by atomic mass is 10.1. The summed E-state index contributed by atoms with van der Waals surface area (Å²) < 4.78 is 26.6. The summed E-state index contributed by atoms with van der Waals surface area (Å²) in [5, 5.41) is 6.50. The number of aryl methyl sites for hydroxylation is 1. The summed E-state index contributed by atoms with van der Waals surface area (Å²) in [6.07, 6.45) is -0.305. The lowest BCUT2D eigenvalue weighted by molar-refractivity contribution is 0.101. The van der Waals surface area contributed by atoms with Gasteiger partial charge < -0.3 is 5.32 Å². The van der Waals surface area contributed by atoms with Crippen LogP contribution in [-0.2, 0) is 13.6 Å². The molecule has 1 N–H and O–H groups in total. The molecule has 1 fully saturated rings. The topological polar surface area (TPSA) is 50.2 Å². The fourth-order valence-corrected chi connectivity index (χ4v) is 2.96. The van der Waals surface area contributed by atoms with Crippen LogP contribution in [0.3, 0.4) is 0 Å². The Morgan fingerprint density at radius 1 is 1.29 bits per heavy atom. The molecule has 1 aliphatic heterocycles. The van der Waals surface area contributed by atoms with Gasteiger partial charge in [0.05, 0.1) is 0 Å². The third-order valence-corrected chi connectivity index (χ3v) is 4.21. The minimum Gasteiger partial charge on any atom is -0.320 e. The van der Waals surface area contributed by atoms with E-state index < -0.39 is 18.0 Å². The van der Waals surface area contributed by atoms with Crippen LogP contribution in [0.1, 0.15) is 41.0 Å². The highest BCUT2D eigenvalue weighted by Crippen LogP contribution is 2.22. The maximum Gasteiger partial charge on any atom is 0.282 e. The Kier molecular flexibility index (Phi) is 4.89. The summed E-state index contributed by atoms with van der Waals surface area (Å²) in [6.45, 7) is 2.88. The number of anilines is 1. The Balaban J connectivity index is 1.77. The molecule has 0 bridgehead atoms. The van der Waals surface area contributed by atoms with E-state index in [0.29, 0.717) is 5.69 Å². The van der Waals surface area contributed by atoms with Gasteiger partial charge in [-0.3, -0.25) is 14.4 Å². The van der Waals surface area contributed by atoms with Gasteiger partial charge in [-0.1, -0.05) is 18.2 Å². The van der Waals surface area contributed by atoms with Crippen molar-refractivity contribution in [1.29, 1.82) is 0 Å². The number of carbonyl (C=O) groups is 1. The molecule has 0 saturated carbocycles. The van der Waals surface area contributed by atoms with Crippen LogP contribution >= 0.6 is 0 Å². The van der Waals surface area contributed by atoms with Crippen molar-refractivity contribution in [2.24, 2.45) is 7.05 Å². The summed E-state index contributed by atoms with van der Waals surface area (Å²) in [7, 11) is 1.48. The highest BCUT2D eigenvalue weighted by molar-refractivity contribution is 6.03. The molecule has 0 spiro atoms. The van der Waals surface area contributed by atoms with Gasteiger partial charge >= 0.3 is 0 Å². The molecule has 0 atom stereocenters. The molecule has 1 aromatic heterocycles. The highest BCUT2D eigenvalue weighted by Gasteiger charge is 2.20. The number of amides is 1. The van der Waals surface area contributed by atoms with Crippen LogP contribution in [0.25, 0.3) is 0 Å². The van der Waals surface area contributed by atoms with Gasteiger partial charge in [-0.15, -0.1) is 0 Å². The average Bonchev–Trinajstić information content (AvgIpc) is 3.18. The second kappa shape index (κ2) is 7.09. The van der Waals surface area contributed by atoms with E-state index in [1.54, 1.807) is 0 Å². The van der Waals surface area contributed by atoms with Gasteiger partial charge in [-0.05, 0) is 43.6 Å². The molecule has 128 valence electrons. The summed E-state index contributed by atoms with van der Waals surface area (Å²) in [5.74, 6) is -0.439. The Labute approximate surface area is 139 Å². The Morgan fingerprint density at radius 3 is 2.67 bits per heavy atom. The summed E-state index contributed by atoms with van der Waals surface area (Å²) in [6, 6.07) is 8.70. The van der Waals surface area contributed by atoms with Gasteiger partial charge in [0, 0.05) is 19.3 Å². The van der Waals surface area contributed by atoms with E-state index in [9.17, 15) is 13.6 Å². The number of para-hydroxylation sites is 1. The highest BCUT2D eigenvalue weighted by atomic mass is 19.3. The summed E-state index contributed by atoms with van der Waals surface area (Å²) >= 11 is 0. The molecule has 1 saturated heterocycles. The number of carbonyl (C=O) groups excluding carboxylic acids is 1. The quantitative estimate of drug-likeness (QED) is 0.913. The van der Waals surface area contributed by atoms with E-state index in [-0.39, 0.29) is 5.69 Å². The van der Waals surface area contributed by atoms with Crippen LogP contribution in [0, 0.1) is 0 Å². The minimum atomic E-state index is -2.69. The van der Waals surface area contributed by atoms with Crippen LogP contribution in [0.4, 0.5) is 14.5 Å². The maximum atomic E-state index is 12.7. The van der Waals surface area contributed by atoms with Gasteiger partial charge in [0.1, 0.15) is 11.4 Å². The number of aromatic nitrogens is 2. The first-order valence-electron chi connectivity index (χ1n) is 7.98. The molecule has 5 nitrogen and oxygen atoms in total. The van der Waals surface area contributed by atoms with Crippen LogP contribution in [-0.4, -0.2) is 33.7 Å². The average molecular weight is 334 g/mol. The van der Waals surface area contributed by atoms with Crippen molar-refractivity contribution in [1.82, 2.24) is 14.7 Å². The molecule has 2 heterocycles. The van der Waals surface area contributed by atoms with Crippen LogP contribution < -0.4 is 5.32 Å². The molecule has 24 heavy (non-hydrogen) atoms. The standard InChI is InChI=1S/C17H20F2N4O/c1-22-15(10-14(21-22)16(18)19)17(24)20-13-7-3-2-6-12(13)11-23-8-4-5-9-23/h2-3,6-7,10,16H,4-5,8-9,11H2,1H3,(H,20,24). The number of hydrogen-bond donors (Lipinski definition) is 1. The zero-order valence-corrected chi connectivity index (χ0v) is 13.5. The van der Waals surface area contributed by atoms with Gasteiger partial charge in [0.25, 0.3) is 12.3 Å². The molecular weight excluding hydrogens is 314 g/mol. The smallest absolute Gasteiger partial charge is 0.282 e. The van der Waals surface area contributed by atoms with Crippen molar-refractivity contribution < 1.29 is 13.6 Å². The molecule has 0 aliphatic carbocycles. The van der Waals surface area contributed by atoms with Gasteiger partial charge in [-0.2, -0.15) is 5.10 Å². The molecule has 3 rings (SSSR count). The number of benzene rings is 1. The SMILES string of the molecule is Cn1nc(C(F)F)cc1C(=O)Nc1ccccc1CN1CCCC1. The molecule has 1 amide bonds. The maximum absolute atomic E-state index is 12.7. The zero-order valence-electron chi connectivity index (χ0n) is 13.5. The first-order chi connectivity index (χ1) is 11.5. The lowest BCUT2D eigenvalue weighted by Crippen LogP contribution is -2.21. The first kappa shape index (κ1) is 16.6. The van der Waals surface area contributed by atoms with E-state index >= 15 is 0 Å². The fourth-order valence-electron chi connectivity index (χ4n) is 2.96. The largest absolute Gasteiger partial charge is 0.320 e. The van der Waals surface area contributed by atoms with Gasteiger partial charge in [0.15, 0.2) is 0 Å². The van der Waals surface area contributed by atoms with Gasteiger partial charge in [-0.25, -0.2) is 8.78 Å². The Bertz CT molecular complexity index is 723. The predicted octanol–water partition coefficient (Wildman–Crippen LogP) is 3.21. The van der Waals surface area contributed by atoms with Crippen molar-refractivity contribution in [3.63, 3.8) is 0 Å². The molecule has 7 heteroatoms. The number of nitrogens with zero attached hydrogens (tertiary/aromatic N) is 3. The van der Waals surface area contributed by atoms with Crippen molar-refractivity contribution >= 4 is 11.6 Å². The van der Waals surface area contributed by atoms with E-state index in [1.165, 1.54) is 24.6 Å². The number of alkyl halides is 2. The normalized spacial score (nSPS) is 15.2. The van der Waals surface area contributed by atoms with E-state index in [2.05, 4.69) is 15.3 Å². The van der Waals surface area contributed by atoms with Crippen molar-refractivity contribution in [3.8, 4) is 0 Å². The monoisotopic (exact) mass is 334 g/mol. The molecule has 1 aliphatic rings. The number of hydrogen-bond acceptors (Lipinski definition) is 3. The fraction of sp³-hybridized carbons (Fsp3) is 0.412. The molecule has 0 radical (unpaired) electrons. The molecule has 1 aromatic carbocycles. The van der Waals surface area contributed by atoms with E-state index in [4.69, 9.17) is 0 Å². The van der Waals surface area contributed by atoms with Crippen molar-refractivity contribution in [2.45, 2.75) is 25.8 Å². The lowest BCUT2D eigenvalue weighted by Gasteiger charge is -2.17. The number of nitrogens with one attached hydrogen (secondary N) is 1. The number of halogens is 2. The van der Waals surface area contributed by atoms with E-state index in [0.717, 1.165) is 31.3 Å². The van der Waals surface area contributed by atoms with E-state index in [1.807, 2.05) is 24.3 Å². The Morgan fingerprint density at radius 2 is 2.00 bits per heavy atom. The third-order valence-electron chi connectivity index (χ3n) is 4.21. The summed E-state index contributed by atoms with van der Waals surface area (Å²) in [4.78, 5) is 14.8. The van der Waals surface area contributed by atoms with Crippen molar-refractivity contribution in [3.05, 3.63) is 47.3 Å². The molecule has 0 unspecified atom stereocenters. The number of rotatable bonds is 5. The molecule has 2 aromatic rings. The van der Waals surface area contributed by atoms with Crippen LogP contribution in [0.5, 0.6) is 0 Å². The first-order valence-corrected chi connectivity index (χ1v) is 7.98. The Hall–Kier alpha value is -2.28. The van der Waals surface area contributed by atoms with Crippen molar-refractivity contribution in [2.75, 3.05) is 18.4 Å². The minimum absolute atomic E-state index is 0.112. The number of likely N-dealkylation sites (tertiary alicyclic amines) is 1. The zero-order chi connectivity index (χ0) is 17.1. The van der Waals surface area contributed by atoms with Gasteiger partial charge in [0.2, 0.25) is 0 Å².